The Morgan fingerprint density at radius 3 is 2.45 bits per heavy atom. The Kier molecular flexibility index (Phi) is 4.44. The predicted molar refractivity (Wildman–Crippen MR) is 106 cm³/mol. The molecule has 0 bridgehead atoms. The molecule has 2 aliphatic rings. The molecule has 1 N–H and O–H groups in total. The lowest BCUT2D eigenvalue weighted by molar-refractivity contribution is -0.128. The van der Waals surface area contributed by atoms with Crippen LogP contribution in [-0.2, 0) is 16.1 Å². The summed E-state index contributed by atoms with van der Waals surface area (Å²) < 4.78 is 0. The second-order valence-electron chi connectivity index (χ2n) is 7.38. The first-order chi connectivity index (χ1) is 14.1. The van der Waals surface area contributed by atoms with E-state index in [4.69, 9.17) is 0 Å². The van der Waals surface area contributed by atoms with Gasteiger partial charge in [-0.2, -0.15) is 0 Å². The van der Waals surface area contributed by atoms with Crippen molar-refractivity contribution in [3.63, 3.8) is 0 Å². The molecule has 3 aromatic rings. The van der Waals surface area contributed by atoms with Crippen LogP contribution in [0.15, 0.2) is 54.2 Å². The highest BCUT2D eigenvalue weighted by Gasteiger charge is 2.61. The molecule has 7 nitrogen and oxygen atoms in total. The minimum Gasteiger partial charge on any atom is -0.296 e. The van der Waals surface area contributed by atoms with Gasteiger partial charge in [-0.25, -0.2) is 15.0 Å². The number of aryl methyl sites for hydroxylation is 1. The number of likely N-dealkylation sites (tertiary alicyclic amines) is 1. The summed E-state index contributed by atoms with van der Waals surface area (Å²) in [5.41, 5.74) is 1.92. The Bertz CT molecular complexity index is 1060. The molecule has 0 spiro atoms. The normalized spacial score (nSPS) is 26.5. The highest BCUT2D eigenvalue weighted by molar-refractivity contribution is 7.09. The number of hydrogen-bond donors (Lipinski definition) is 1. The number of thiazole rings is 1. The Morgan fingerprint density at radius 1 is 1.00 bits per heavy atom. The number of imide groups is 1. The quantitative estimate of drug-likeness (QED) is 0.671. The number of nitrogens with zero attached hydrogens (tertiary/aromatic N) is 4. The van der Waals surface area contributed by atoms with Crippen molar-refractivity contribution in [2.24, 2.45) is 11.8 Å². The Balaban J connectivity index is 1.66. The van der Waals surface area contributed by atoms with Gasteiger partial charge in [0.05, 0.1) is 23.9 Å². The van der Waals surface area contributed by atoms with E-state index in [-0.39, 0.29) is 17.9 Å². The summed E-state index contributed by atoms with van der Waals surface area (Å²) in [7, 11) is 0. The summed E-state index contributed by atoms with van der Waals surface area (Å²) in [6, 6.07) is 11.2. The van der Waals surface area contributed by atoms with Crippen molar-refractivity contribution < 1.29 is 9.59 Å². The van der Waals surface area contributed by atoms with Gasteiger partial charge in [0.25, 0.3) is 0 Å². The number of aromatic nitrogens is 3. The van der Waals surface area contributed by atoms with Crippen LogP contribution in [0.2, 0.25) is 0 Å². The summed E-state index contributed by atoms with van der Waals surface area (Å²) in [5.74, 6) is -0.978. The minimum atomic E-state index is -0.540. The zero-order chi connectivity index (χ0) is 20.0. The lowest BCUT2D eigenvalue weighted by Gasteiger charge is -2.30. The van der Waals surface area contributed by atoms with Gasteiger partial charge in [0.1, 0.15) is 10.8 Å². The Labute approximate surface area is 171 Å². The van der Waals surface area contributed by atoms with Gasteiger partial charge >= 0.3 is 0 Å². The fraction of sp³-hybridized carbons (Fsp3) is 0.286. The molecule has 0 saturated carbocycles. The third-order valence-electron chi connectivity index (χ3n) is 5.62. The molecular formula is C21H19N5O2S. The highest BCUT2D eigenvalue weighted by atomic mass is 32.1. The molecule has 4 atom stereocenters. The highest BCUT2D eigenvalue weighted by Crippen LogP contribution is 2.54. The fourth-order valence-electron chi connectivity index (χ4n) is 4.47. The number of benzene rings is 1. The number of carbonyl (C=O) groups excluding carboxylic acids is 2. The monoisotopic (exact) mass is 405 g/mol. The summed E-state index contributed by atoms with van der Waals surface area (Å²) in [6.45, 7) is 2.47. The molecule has 1 aromatic carbocycles. The van der Waals surface area contributed by atoms with E-state index in [1.807, 2.05) is 48.7 Å². The maximum atomic E-state index is 12.8. The van der Waals surface area contributed by atoms with Crippen LogP contribution in [0.3, 0.4) is 0 Å². The maximum Gasteiger partial charge on any atom is 0.232 e. The third kappa shape index (κ3) is 3.04. The molecule has 146 valence electrons. The maximum absolute atomic E-state index is 12.8. The third-order valence-corrected chi connectivity index (χ3v) is 6.47. The zero-order valence-corrected chi connectivity index (χ0v) is 16.5. The first-order valence-corrected chi connectivity index (χ1v) is 10.3. The van der Waals surface area contributed by atoms with Gasteiger partial charge in [0.2, 0.25) is 11.8 Å². The van der Waals surface area contributed by atoms with Gasteiger partial charge < -0.3 is 0 Å². The molecule has 5 rings (SSSR count). The molecule has 8 heteroatoms. The minimum absolute atomic E-state index is 0.242. The molecule has 2 aromatic heterocycles. The molecule has 29 heavy (non-hydrogen) atoms. The lowest BCUT2D eigenvalue weighted by Crippen LogP contribution is -2.36. The SMILES string of the molecule is Cc1ccnc([C@@H]2[C@@H]3C(=O)NC(=O)[C@@H]3[C@@H](c3nccs3)N2Cc2ccccc2)n1. The van der Waals surface area contributed by atoms with Gasteiger partial charge in [0.15, 0.2) is 0 Å². The molecule has 4 heterocycles. The van der Waals surface area contributed by atoms with Crippen LogP contribution >= 0.6 is 11.3 Å². The molecule has 2 amide bonds. The van der Waals surface area contributed by atoms with Crippen molar-refractivity contribution in [2.45, 2.75) is 25.6 Å². The predicted octanol–water partition coefficient (Wildman–Crippen LogP) is 2.43. The second-order valence-corrected chi connectivity index (χ2v) is 8.31. The van der Waals surface area contributed by atoms with E-state index in [0.29, 0.717) is 12.4 Å². The van der Waals surface area contributed by atoms with Crippen LogP contribution in [0.5, 0.6) is 0 Å². The molecule has 0 radical (unpaired) electrons. The number of fused-ring (bicyclic) bond motifs is 1. The standard InChI is InChI=1S/C21H19N5O2S/c1-12-7-8-22-18(24-12)16-14-15(20(28)25-19(14)27)17(21-23-9-10-29-21)26(16)11-13-5-3-2-4-6-13/h2-10,14-17H,11H2,1H3,(H,25,27,28)/t14-,15+,16+,17+/m1/s1. The summed E-state index contributed by atoms with van der Waals surface area (Å²) in [5, 5.41) is 5.25. The zero-order valence-electron chi connectivity index (χ0n) is 15.7. The molecular weight excluding hydrogens is 386 g/mol. The first-order valence-electron chi connectivity index (χ1n) is 9.47. The van der Waals surface area contributed by atoms with Crippen LogP contribution in [0.1, 0.15) is 34.2 Å². The lowest BCUT2D eigenvalue weighted by atomic mass is 9.89. The van der Waals surface area contributed by atoms with Crippen LogP contribution in [0.25, 0.3) is 0 Å². The largest absolute Gasteiger partial charge is 0.296 e. The van der Waals surface area contributed by atoms with Crippen LogP contribution in [0, 0.1) is 18.8 Å². The Hall–Kier alpha value is -2.97. The van der Waals surface area contributed by atoms with Gasteiger partial charge in [-0.1, -0.05) is 30.3 Å². The van der Waals surface area contributed by atoms with Crippen molar-refractivity contribution in [3.8, 4) is 0 Å². The smallest absolute Gasteiger partial charge is 0.232 e. The molecule has 2 saturated heterocycles. The van der Waals surface area contributed by atoms with E-state index in [2.05, 4.69) is 25.2 Å². The van der Waals surface area contributed by atoms with E-state index in [1.165, 1.54) is 11.3 Å². The fourth-order valence-corrected chi connectivity index (χ4v) is 5.27. The molecule has 0 unspecified atom stereocenters. The Morgan fingerprint density at radius 2 is 1.76 bits per heavy atom. The number of amides is 2. The average Bonchev–Trinajstić information content (AvgIpc) is 3.40. The van der Waals surface area contributed by atoms with Crippen molar-refractivity contribution in [3.05, 3.63) is 76.3 Å². The van der Waals surface area contributed by atoms with E-state index in [9.17, 15) is 9.59 Å². The summed E-state index contributed by atoms with van der Waals surface area (Å²) >= 11 is 1.50. The van der Waals surface area contributed by atoms with Crippen LogP contribution in [0.4, 0.5) is 0 Å². The van der Waals surface area contributed by atoms with Crippen molar-refractivity contribution in [1.82, 2.24) is 25.2 Å². The van der Waals surface area contributed by atoms with E-state index in [1.54, 1.807) is 12.4 Å². The van der Waals surface area contributed by atoms with Crippen molar-refractivity contribution in [1.29, 1.82) is 0 Å². The summed E-state index contributed by atoms with van der Waals surface area (Å²) in [6.07, 6.45) is 3.44. The number of nitrogens with one attached hydrogen (secondary N) is 1. The molecule has 2 aliphatic heterocycles. The number of rotatable bonds is 4. The average molecular weight is 405 g/mol. The first kappa shape index (κ1) is 18.1. The van der Waals surface area contributed by atoms with E-state index >= 15 is 0 Å². The van der Waals surface area contributed by atoms with Gasteiger partial charge in [0, 0.05) is 30.0 Å². The number of hydrogen-bond acceptors (Lipinski definition) is 7. The molecule has 2 fully saturated rings. The van der Waals surface area contributed by atoms with Gasteiger partial charge in [-0.05, 0) is 18.6 Å². The topological polar surface area (TPSA) is 88.1 Å². The van der Waals surface area contributed by atoms with Crippen LogP contribution in [-0.4, -0.2) is 31.7 Å². The van der Waals surface area contributed by atoms with Gasteiger partial charge in [-0.3, -0.25) is 19.8 Å². The molecule has 0 aliphatic carbocycles. The van der Waals surface area contributed by atoms with Gasteiger partial charge in [-0.15, -0.1) is 11.3 Å². The van der Waals surface area contributed by atoms with Crippen molar-refractivity contribution >= 4 is 23.2 Å². The number of carbonyl (C=O) groups is 2. The van der Waals surface area contributed by atoms with Crippen LogP contribution < -0.4 is 5.32 Å². The summed E-state index contributed by atoms with van der Waals surface area (Å²) in [4.78, 5) is 41.4. The van der Waals surface area contributed by atoms with Crippen molar-refractivity contribution in [2.75, 3.05) is 0 Å². The van der Waals surface area contributed by atoms with E-state index in [0.717, 1.165) is 16.3 Å². The second kappa shape index (κ2) is 7.13. The van der Waals surface area contributed by atoms with E-state index < -0.39 is 17.9 Å².